The van der Waals surface area contributed by atoms with Crippen molar-refractivity contribution in [1.29, 1.82) is 0 Å². The first-order chi connectivity index (χ1) is 6.47. The molecule has 0 aliphatic rings. The van der Waals surface area contributed by atoms with Gasteiger partial charge in [0, 0.05) is 13.2 Å². The Morgan fingerprint density at radius 2 is 1.93 bits per heavy atom. The predicted octanol–water partition coefficient (Wildman–Crippen LogP) is -0.602. The molecule has 0 saturated carbocycles. The summed E-state index contributed by atoms with van der Waals surface area (Å²) in [5.41, 5.74) is 5.06. The molecule has 0 bridgehead atoms. The number of nitrogens with zero attached hydrogens (tertiary/aromatic N) is 1. The summed E-state index contributed by atoms with van der Waals surface area (Å²) >= 11 is 0. The van der Waals surface area contributed by atoms with Crippen molar-refractivity contribution in [3.8, 4) is 0 Å². The molecule has 2 N–H and O–H groups in total. The fourth-order valence-corrected chi connectivity index (χ4v) is 1.05. The molecule has 82 valence electrons. The van der Waals surface area contributed by atoms with E-state index in [2.05, 4.69) is 0 Å². The molecule has 0 spiro atoms. The highest BCUT2D eigenvalue weighted by atomic mass is 16.5. The smallest absolute Gasteiger partial charge is 0.231 e. The Bertz CT molecular complexity index is 204. The van der Waals surface area contributed by atoms with Crippen molar-refractivity contribution in [1.82, 2.24) is 4.90 Å². The fourth-order valence-electron chi connectivity index (χ4n) is 1.05. The summed E-state index contributed by atoms with van der Waals surface area (Å²) in [6.07, 6.45) is 0. The number of nitrogens with two attached hydrogens (primary N) is 1. The average molecular weight is 202 g/mol. The van der Waals surface area contributed by atoms with Crippen molar-refractivity contribution in [3.05, 3.63) is 0 Å². The number of methoxy groups -OCH3 is 1. The van der Waals surface area contributed by atoms with Gasteiger partial charge >= 0.3 is 0 Å². The van der Waals surface area contributed by atoms with E-state index in [-0.39, 0.29) is 31.5 Å². The summed E-state index contributed by atoms with van der Waals surface area (Å²) in [7, 11) is 1.46. The van der Waals surface area contributed by atoms with Crippen LogP contribution in [-0.2, 0) is 14.3 Å². The molecule has 5 nitrogen and oxygen atoms in total. The number of primary amides is 1. The lowest BCUT2D eigenvalue weighted by molar-refractivity contribution is -0.125. The standard InChI is InChI=1S/C9H18N2O3/c1-7(2)11(5-9(10)13)4-8(12)6-14-3/h7H,4-6H2,1-3H3,(H2,10,13). The maximum atomic E-state index is 11.2. The minimum atomic E-state index is -0.427. The van der Waals surface area contributed by atoms with E-state index in [1.165, 1.54) is 7.11 Å². The summed E-state index contributed by atoms with van der Waals surface area (Å²) in [5.74, 6) is -0.480. The van der Waals surface area contributed by atoms with Crippen molar-refractivity contribution in [3.63, 3.8) is 0 Å². The highest BCUT2D eigenvalue weighted by Gasteiger charge is 2.15. The molecule has 0 aromatic carbocycles. The normalized spacial score (nSPS) is 10.9. The zero-order valence-corrected chi connectivity index (χ0v) is 8.95. The molecule has 0 aromatic rings. The second-order valence-electron chi connectivity index (χ2n) is 3.44. The van der Waals surface area contributed by atoms with Crippen LogP contribution in [0.15, 0.2) is 0 Å². The van der Waals surface area contributed by atoms with Crippen LogP contribution < -0.4 is 5.73 Å². The summed E-state index contributed by atoms with van der Waals surface area (Å²) in [6, 6.07) is 0.114. The SMILES string of the molecule is COCC(=O)CN(CC(N)=O)C(C)C. The van der Waals surface area contributed by atoms with Crippen molar-refractivity contribution >= 4 is 11.7 Å². The fraction of sp³-hybridized carbons (Fsp3) is 0.778. The molecular weight excluding hydrogens is 184 g/mol. The van der Waals surface area contributed by atoms with Gasteiger partial charge in [0.25, 0.3) is 0 Å². The van der Waals surface area contributed by atoms with Crippen LogP contribution in [0.3, 0.4) is 0 Å². The monoisotopic (exact) mass is 202 g/mol. The molecule has 0 rings (SSSR count). The third-order valence-electron chi connectivity index (χ3n) is 1.77. The first-order valence-electron chi connectivity index (χ1n) is 4.50. The number of hydrogen-bond acceptors (Lipinski definition) is 4. The van der Waals surface area contributed by atoms with Crippen molar-refractivity contribution < 1.29 is 14.3 Å². The molecular formula is C9H18N2O3. The van der Waals surface area contributed by atoms with Crippen LogP contribution in [0.5, 0.6) is 0 Å². The van der Waals surface area contributed by atoms with Gasteiger partial charge in [-0.25, -0.2) is 0 Å². The molecule has 0 saturated heterocycles. The van der Waals surface area contributed by atoms with Gasteiger partial charge in [0.1, 0.15) is 6.61 Å². The Morgan fingerprint density at radius 1 is 1.36 bits per heavy atom. The summed E-state index contributed by atoms with van der Waals surface area (Å²) in [6.45, 7) is 4.19. The van der Waals surface area contributed by atoms with Gasteiger partial charge in [0.05, 0.1) is 13.1 Å². The lowest BCUT2D eigenvalue weighted by Crippen LogP contribution is -2.42. The number of carbonyl (C=O) groups is 2. The van der Waals surface area contributed by atoms with E-state index < -0.39 is 5.91 Å². The van der Waals surface area contributed by atoms with Crippen LogP contribution in [0.4, 0.5) is 0 Å². The van der Waals surface area contributed by atoms with E-state index >= 15 is 0 Å². The molecule has 0 heterocycles. The van der Waals surface area contributed by atoms with E-state index in [0.717, 1.165) is 0 Å². The Hall–Kier alpha value is -0.940. The van der Waals surface area contributed by atoms with Crippen LogP contribution in [0, 0.1) is 0 Å². The molecule has 0 atom stereocenters. The van der Waals surface area contributed by atoms with E-state index in [9.17, 15) is 9.59 Å². The van der Waals surface area contributed by atoms with Gasteiger partial charge in [-0.2, -0.15) is 0 Å². The van der Waals surface area contributed by atoms with Gasteiger partial charge in [0.15, 0.2) is 5.78 Å². The Balaban J connectivity index is 4.09. The third-order valence-corrected chi connectivity index (χ3v) is 1.77. The van der Waals surface area contributed by atoms with Crippen LogP contribution in [-0.4, -0.2) is 49.4 Å². The van der Waals surface area contributed by atoms with Gasteiger partial charge in [-0.3, -0.25) is 14.5 Å². The van der Waals surface area contributed by atoms with Crippen molar-refractivity contribution in [2.45, 2.75) is 19.9 Å². The summed E-state index contributed by atoms with van der Waals surface area (Å²) < 4.78 is 4.70. The molecule has 0 aliphatic carbocycles. The molecule has 1 amide bonds. The third kappa shape index (κ3) is 5.66. The molecule has 14 heavy (non-hydrogen) atoms. The zero-order chi connectivity index (χ0) is 11.1. The molecule has 0 aromatic heterocycles. The van der Waals surface area contributed by atoms with Crippen LogP contribution in [0.1, 0.15) is 13.8 Å². The number of hydrogen-bond donors (Lipinski definition) is 1. The second-order valence-corrected chi connectivity index (χ2v) is 3.44. The Morgan fingerprint density at radius 3 is 2.29 bits per heavy atom. The first kappa shape index (κ1) is 13.1. The lowest BCUT2D eigenvalue weighted by atomic mass is 10.2. The molecule has 5 heteroatoms. The Labute approximate surface area is 84.2 Å². The molecule has 0 unspecified atom stereocenters. The number of ether oxygens (including phenoxy) is 1. The molecule has 0 aliphatic heterocycles. The van der Waals surface area contributed by atoms with E-state index in [4.69, 9.17) is 10.5 Å². The van der Waals surface area contributed by atoms with Gasteiger partial charge in [-0.15, -0.1) is 0 Å². The topological polar surface area (TPSA) is 72.6 Å². The summed E-state index contributed by atoms with van der Waals surface area (Å²) in [4.78, 5) is 23.6. The van der Waals surface area contributed by atoms with Gasteiger partial charge < -0.3 is 10.5 Å². The first-order valence-corrected chi connectivity index (χ1v) is 4.50. The van der Waals surface area contributed by atoms with Crippen molar-refractivity contribution in [2.24, 2.45) is 5.73 Å². The van der Waals surface area contributed by atoms with Crippen LogP contribution in [0.2, 0.25) is 0 Å². The second kappa shape index (κ2) is 6.50. The van der Waals surface area contributed by atoms with Crippen LogP contribution >= 0.6 is 0 Å². The minimum Gasteiger partial charge on any atom is -0.377 e. The maximum absolute atomic E-state index is 11.2. The number of carbonyl (C=O) groups excluding carboxylic acids is 2. The van der Waals surface area contributed by atoms with Gasteiger partial charge in [-0.1, -0.05) is 0 Å². The van der Waals surface area contributed by atoms with E-state index in [1.54, 1.807) is 4.90 Å². The number of Topliss-reactive ketones (excluding diaryl/α,β-unsaturated/α-hetero) is 1. The number of amides is 1. The zero-order valence-electron chi connectivity index (χ0n) is 8.95. The average Bonchev–Trinajstić information content (AvgIpc) is 2.02. The van der Waals surface area contributed by atoms with E-state index in [0.29, 0.717) is 0 Å². The quantitative estimate of drug-likeness (QED) is 0.598. The number of ketones is 1. The van der Waals surface area contributed by atoms with Crippen LogP contribution in [0.25, 0.3) is 0 Å². The predicted molar refractivity (Wildman–Crippen MR) is 52.8 cm³/mol. The van der Waals surface area contributed by atoms with Crippen molar-refractivity contribution in [2.75, 3.05) is 26.8 Å². The van der Waals surface area contributed by atoms with Gasteiger partial charge in [0.2, 0.25) is 5.91 Å². The largest absolute Gasteiger partial charge is 0.377 e. The minimum absolute atomic E-state index is 0.0533. The summed E-state index contributed by atoms with van der Waals surface area (Å²) in [5, 5.41) is 0. The molecule has 0 fully saturated rings. The maximum Gasteiger partial charge on any atom is 0.231 e. The lowest BCUT2D eigenvalue weighted by Gasteiger charge is -2.23. The number of rotatable bonds is 7. The highest BCUT2D eigenvalue weighted by Crippen LogP contribution is 1.97. The van der Waals surface area contributed by atoms with E-state index in [1.807, 2.05) is 13.8 Å². The van der Waals surface area contributed by atoms with Gasteiger partial charge in [-0.05, 0) is 13.8 Å². The Kier molecular flexibility index (Phi) is 6.07. The molecule has 0 radical (unpaired) electrons. The highest BCUT2D eigenvalue weighted by molar-refractivity contribution is 5.83.